The van der Waals surface area contributed by atoms with Crippen molar-refractivity contribution in [3.8, 4) is 0 Å². The molecule has 3 fully saturated rings. The number of aryl methyl sites for hydroxylation is 1. The molecular weight excluding hydrogens is 358 g/mol. The van der Waals surface area contributed by atoms with Crippen LogP contribution in [0.4, 0.5) is 16.3 Å². The average molecular weight is 383 g/mol. The lowest BCUT2D eigenvalue weighted by Gasteiger charge is -2.48. The largest absolute Gasteiger partial charge is 0.367 e. The van der Waals surface area contributed by atoms with E-state index >= 15 is 0 Å². The van der Waals surface area contributed by atoms with Crippen LogP contribution in [-0.2, 0) is 11.8 Å². The van der Waals surface area contributed by atoms with Crippen LogP contribution in [0.2, 0.25) is 0 Å². The highest BCUT2D eigenvalue weighted by molar-refractivity contribution is 6.10. The van der Waals surface area contributed by atoms with E-state index < -0.39 is 6.03 Å². The number of hydrogen-bond acceptors (Lipinski definition) is 6. The molecule has 0 aliphatic carbocycles. The second-order valence-corrected chi connectivity index (χ2v) is 7.72. The number of nitrogens with zero attached hydrogens (tertiary/aromatic N) is 5. The van der Waals surface area contributed by atoms with Gasteiger partial charge in [0.25, 0.3) is 0 Å². The summed E-state index contributed by atoms with van der Waals surface area (Å²) >= 11 is 0. The van der Waals surface area contributed by atoms with Crippen LogP contribution < -0.4 is 20.4 Å². The molecule has 0 radical (unpaired) electrons. The number of rotatable bonds is 3. The zero-order valence-electron chi connectivity index (χ0n) is 16.0. The van der Waals surface area contributed by atoms with Gasteiger partial charge in [0, 0.05) is 70.7 Å². The van der Waals surface area contributed by atoms with E-state index in [1.807, 2.05) is 23.9 Å². The Hall–Kier alpha value is -2.65. The first-order valence-electron chi connectivity index (χ1n) is 9.88. The summed E-state index contributed by atoms with van der Waals surface area (Å²) in [5.74, 6) is 0.380. The van der Waals surface area contributed by atoms with E-state index in [1.54, 1.807) is 4.90 Å². The predicted molar refractivity (Wildman–Crippen MR) is 107 cm³/mol. The quantitative estimate of drug-likeness (QED) is 0.783. The van der Waals surface area contributed by atoms with Crippen LogP contribution in [0.5, 0.6) is 0 Å². The van der Waals surface area contributed by atoms with Gasteiger partial charge in [0.1, 0.15) is 0 Å². The molecule has 1 aromatic heterocycles. The Bertz CT molecular complexity index is 928. The van der Waals surface area contributed by atoms with Gasteiger partial charge in [-0.3, -0.25) is 24.6 Å². The second kappa shape index (κ2) is 6.75. The third-order valence-electron chi connectivity index (χ3n) is 6.00. The zero-order valence-corrected chi connectivity index (χ0v) is 16.0. The molecule has 2 N–H and O–H groups in total. The number of benzene rings is 1. The summed E-state index contributed by atoms with van der Waals surface area (Å²) < 4.78 is 1.85. The van der Waals surface area contributed by atoms with Crippen molar-refractivity contribution in [1.29, 1.82) is 0 Å². The normalized spacial score (nSPS) is 21.9. The molecule has 0 spiro atoms. The zero-order chi connectivity index (χ0) is 19.3. The number of nitrogens with one attached hydrogen (secondary N) is 2. The van der Waals surface area contributed by atoms with Gasteiger partial charge < -0.3 is 10.2 Å². The Morgan fingerprint density at radius 1 is 1.11 bits per heavy atom. The maximum absolute atomic E-state index is 12.3. The summed E-state index contributed by atoms with van der Waals surface area (Å²) in [6, 6.07) is 6.35. The SMILES string of the molecule is Cn1nc(N2CCC(=O)NC2=O)c2cccc(N3CC(N4CCNCC4)C3)c21. The number of para-hydroxylation sites is 1. The summed E-state index contributed by atoms with van der Waals surface area (Å²) in [6.07, 6.45) is 0.294. The third-order valence-corrected chi connectivity index (χ3v) is 6.00. The highest BCUT2D eigenvalue weighted by atomic mass is 16.2. The van der Waals surface area contributed by atoms with Gasteiger partial charge in [-0.25, -0.2) is 4.79 Å². The molecule has 0 atom stereocenters. The smallest absolute Gasteiger partial charge is 0.329 e. The molecule has 4 heterocycles. The minimum atomic E-state index is -0.399. The lowest BCUT2D eigenvalue weighted by Crippen LogP contribution is -2.63. The van der Waals surface area contributed by atoms with E-state index in [4.69, 9.17) is 0 Å². The molecule has 3 saturated heterocycles. The number of amides is 3. The highest BCUT2D eigenvalue weighted by Crippen LogP contribution is 2.35. The maximum atomic E-state index is 12.3. The molecule has 2 aromatic rings. The van der Waals surface area contributed by atoms with E-state index in [0.29, 0.717) is 24.8 Å². The molecule has 5 rings (SSSR count). The predicted octanol–water partition coefficient (Wildman–Crippen LogP) is 0.113. The van der Waals surface area contributed by atoms with Crippen molar-refractivity contribution >= 4 is 34.3 Å². The highest BCUT2D eigenvalue weighted by Gasteiger charge is 2.34. The fourth-order valence-corrected chi connectivity index (χ4v) is 4.45. The average Bonchev–Trinajstić information content (AvgIpc) is 2.99. The van der Waals surface area contributed by atoms with Crippen molar-refractivity contribution in [1.82, 2.24) is 25.3 Å². The summed E-state index contributed by atoms with van der Waals surface area (Å²) in [5, 5.41) is 11.4. The van der Waals surface area contributed by atoms with Gasteiger partial charge in [-0.05, 0) is 12.1 Å². The Labute approximate surface area is 163 Å². The molecule has 3 amide bonds. The van der Waals surface area contributed by atoms with Crippen molar-refractivity contribution in [3.05, 3.63) is 18.2 Å². The van der Waals surface area contributed by atoms with Gasteiger partial charge in [0.15, 0.2) is 5.82 Å². The lowest BCUT2D eigenvalue weighted by molar-refractivity contribution is -0.120. The summed E-state index contributed by atoms with van der Waals surface area (Å²) in [7, 11) is 1.91. The third kappa shape index (κ3) is 2.82. The lowest BCUT2D eigenvalue weighted by atomic mass is 10.0. The summed E-state index contributed by atoms with van der Waals surface area (Å²) in [4.78, 5) is 30.3. The minimum Gasteiger partial charge on any atom is -0.367 e. The number of piperazine rings is 1. The number of carbonyl (C=O) groups excluding carboxylic acids is 2. The number of hydrogen-bond donors (Lipinski definition) is 2. The van der Waals surface area contributed by atoms with Crippen LogP contribution in [-0.4, -0.2) is 78.5 Å². The number of imide groups is 1. The Morgan fingerprint density at radius 3 is 2.64 bits per heavy atom. The van der Waals surface area contributed by atoms with Crippen LogP contribution >= 0.6 is 0 Å². The topological polar surface area (TPSA) is 85.7 Å². The van der Waals surface area contributed by atoms with Crippen molar-refractivity contribution < 1.29 is 9.59 Å². The fourth-order valence-electron chi connectivity index (χ4n) is 4.45. The van der Waals surface area contributed by atoms with Crippen LogP contribution in [0.3, 0.4) is 0 Å². The van der Waals surface area contributed by atoms with Gasteiger partial charge >= 0.3 is 6.03 Å². The maximum Gasteiger partial charge on any atom is 0.329 e. The molecule has 28 heavy (non-hydrogen) atoms. The molecule has 9 heteroatoms. The summed E-state index contributed by atoms with van der Waals surface area (Å²) in [5.41, 5.74) is 2.18. The molecule has 0 unspecified atom stereocenters. The van der Waals surface area contributed by atoms with Crippen molar-refractivity contribution in [2.24, 2.45) is 7.05 Å². The van der Waals surface area contributed by atoms with Crippen molar-refractivity contribution in [2.75, 3.05) is 55.6 Å². The fraction of sp³-hybridized carbons (Fsp3) is 0.526. The van der Waals surface area contributed by atoms with Crippen molar-refractivity contribution in [3.63, 3.8) is 0 Å². The first-order valence-corrected chi connectivity index (χ1v) is 9.88. The second-order valence-electron chi connectivity index (χ2n) is 7.72. The van der Waals surface area contributed by atoms with Gasteiger partial charge in [-0.15, -0.1) is 0 Å². The molecular formula is C19H25N7O2. The molecule has 1 aromatic carbocycles. The number of aromatic nitrogens is 2. The Kier molecular flexibility index (Phi) is 4.21. The molecule has 3 aliphatic heterocycles. The van der Waals surface area contributed by atoms with E-state index in [2.05, 4.69) is 31.6 Å². The minimum absolute atomic E-state index is 0.235. The first-order chi connectivity index (χ1) is 13.6. The number of carbonyl (C=O) groups is 2. The molecule has 0 bridgehead atoms. The van der Waals surface area contributed by atoms with Crippen LogP contribution in [0, 0.1) is 0 Å². The Balaban J connectivity index is 1.42. The van der Waals surface area contributed by atoms with Gasteiger partial charge in [-0.2, -0.15) is 5.10 Å². The molecule has 3 aliphatic rings. The standard InChI is InChI=1S/C19H25N7O2/c1-23-17-14(18(22-23)26-8-5-16(27)21-19(26)28)3-2-4-15(17)25-11-13(12-25)24-9-6-20-7-10-24/h2-4,13,20H,5-12H2,1H3,(H,21,27,28). The number of urea groups is 1. The van der Waals surface area contributed by atoms with Gasteiger partial charge in [-0.1, -0.05) is 6.07 Å². The van der Waals surface area contributed by atoms with Crippen LogP contribution in [0.1, 0.15) is 6.42 Å². The van der Waals surface area contributed by atoms with Crippen molar-refractivity contribution in [2.45, 2.75) is 12.5 Å². The number of fused-ring (bicyclic) bond motifs is 1. The van der Waals surface area contributed by atoms with Crippen LogP contribution in [0.15, 0.2) is 18.2 Å². The molecule has 9 nitrogen and oxygen atoms in total. The first kappa shape index (κ1) is 17.4. The van der Waals surface area contributed by atoms with Crippen LogP contribution in [0.25, 0.3) is 10.9 Å². The monoisotopic (exact) mass is 383 g/mol. The van der Waals surface area contributed by atoms with E-state index in [9.17, 15) is 9.59 Å². The van der Waals surface area contributed by atoms with Gasteiger partial charge in [0.05, 0.1) is 11.2 Å². The van der Waals surface area contributed by atoms with Gasteiger partial charge in [0.2, 0.25) is 5.91 Å². The summed E-state index contributed by atoms with van der Waals surface area (Å²) in [6.45, 7) is 6.74. The van der Waals surface area contributed by atoms with E-state index in [0.717, 1.165) is 55.9 Å². The van der Waals surface area contributed by atoms with E-state index in [1.165, 1.54) is 0 Å². The van der Waals surface area contributed by atoms with E-state index in [-0.39, 0.29) is 5.91 Å². The molecule has 0 saturated carbocycles. The molecule has 148 valence electrons. The number of anilines is 2. The Morgan fingerprint density at radius 2 is 1.89 bits per heavy atom.